The first-order valence-corrected chi connectivity index (χ1v) is 5.76. The number of nitrogens with one attached hydrogen (secondary N) is 1. The highest BCUT2D eigenvalue weighted by molar-refractivity contribution is 6.27. The van der Waals surface area contributed by atoms with Crippen molar-refractivity contribution in [2.45, 2.75) is 18.4 Å². The van der Waals surface area contributed by atoms with Gasteiger partial charge in [-0.2, -0.15) is 0 Å². The maximum Gasteiger partial charge on any atom is 0.235 e. The summed E-state index contributed by atoms with van der Waals surface area (Å²) in [6, 6.07) is 7.76. The van der Waals surface area contributed by atoms with Crippen LogP contribution in [0.3, 0.4) is 0 Å². The quantitative estimate of drug-likeness (QED) is 0.817. The first-order chi connectivity index (χ1) is 7.72. The van der Waals surface area contributed by atoms with Gasteiger partial charge in [0, 0.05) is 5.56 Å². The normalized spacial score (nSPS) is 16.6. The Kier molecular flexibility index (Phi) is 3.06. The van der Waals surface area contributed by atoms with Gasteiger partial charge in [0.15, 0.2) is 0 Å². The number of ether oxygens (including phenoxy) is 1. The van der Waals surface area contributed by atoms with Crippen molar-refractivity contribution in [3.8, 4) is 5.75 Å². The third kappa shape index (κ3) is 2.00. The molecule has 3 nitrogen and oxygen atoms in total. The first-order valence-electron chi connectivity index (χ1n) is 5.22. The van der Waals surface area contributed by atoms with Gasteiger partial charge >= 0.3 is 0 Å². The average molecular weight is 240 g/mol. The van der Waals surface area contributed by atoms with E-state index in [4.69, 9.17) is 16.3 Å². The molecule has 0 radical (unpaired) electrons. The maximum absolute atomic E-state index is 11.4. The molecule has 1 N–H and O–H groups in total. The molecule has 4 heteroatoms. The molecule has 2 rings (SSSR count). The smallest absolute Gasteiger partial charge is 0.235 e. The second-order valence-corrected chi connectivity index (χ2v) is 4.23. The zero-order valence-electron chi connectivity index (χ0n) is 9.13. The van der Waals surface area contributed by atoms with Gasteiger partial charge in [0.2, 0.25) is 5.91 Å². The Morgan fingerprint density at radius 3 is 2.75 bits per heavy atom. The van der Waals surface area contributed by atoms with Gasteiger partial charge in [-0.05, 0) is 18.9 Å². The lowest BCUT2D eigenvalue weighted by Gasteiger charge is -2.19. The van der Waals surface area contributed by atoms with Gasteiger partial charge in [-0.3, -0.25) is 4.79 Å². The Bertz CT molecular complexity index is 402. The molecule has 0 bridgehead atoms. The summed E-state index contributed by atoms with van der Waals surface area (Å²) in [7, 11) is 1.64. The van der Waals surface area contributed by atoms with Gasteiger partial charge in [-0.1, -0.05) is 18.2 Å². The van der Waals surface area contributed by atoms with E-state index in [0.717, 1.165) is 24.2 Å². The molecule has 1 saturated carbocycles. The van der Waals surface area contributed by atoms with E-state index in [1.165, 1.54) is 0 Å². The summed E-state index contributed by atoms with van der Waals surface area (Å²) in [4.78, 5) is 11.4. The van der Waals surface area contributed by atoms with Crippen molar-refractivity contribution in [3.05, 3.63) is 29.8 Å². The summed E-state index contributed by atoms with van der Waals surface area (Å²) in [5.41, 5.74) is 0.787. The number of benzene rings is 1. The summed E-state index contributed by atoms with van der Waals surface area (Å²) >= 11 is 5.50. The highest BCUT2D eigenvalue weighted by Gasteiger charge is 2.47. The summed E-state index contributed by atoms with van der Waals surface area (Å²) in [6.45, 7) is 0. The van der Waals surface area contributed by atoms with E-state index in [1.807, 2.05) is 24.3 Å². The van der Waals surface area contributed by atoms with Crippen LogP contribution >= 0.6 is 11.6 Å². The predicted octanol–water partition coefficient (Wildman–Crippen LogP) is 2.04. The molecule has 16 heavy (non-hydrogen) atoms. The Hall–Kier alpha value is -1.22. The number of hydrogen-bond acceptors (Lipinski definition) is 2. The molecule has 0 saturated heterocycles. The van der Waals surface area contributed by atoms with E-state index in [-0.39, 0.29) is 17.3 Å². The van der Waals surface area contributed by atoms with E-state index in [1.54, 1.807) is 7.11 Å². The minimum absolute atomic E-state index is 0.00308. The summed E-state index contributed by atoms with van der Waals surface area (Å²) in [5, 5.41) is 2.96. The van der Waals surface area contributed by atoms with Gasteiger partial charge in [0.05, 0.1) is 12.6 Å². The Labute approximate surface area is 99.7 Å². The van der Waals surface area contributed by atoms with E-state index < -0.39 is 0 Å². The fourth-order valence-corrected chi connectivity index (χ4v) is 1.99. The third-order valence-corrected chi connectivity index (χ3v) is 3.12. The lowest BCUT2D eigenvalue weighted by Crippen LogP contribution is -2.35. The van der Waals surface area contributed by atoms with Gasteiger partial charge < -0.3 is 10.1 Å². The molecule has 1 fully saturated rings. The van der Waals surface area contributed by atoms with Crippen LogP contribution in [-0.4, -0.2) is 18.9 Å². The van der Waals surface area contributed by atoms with Crippen LogP contribution < -0.4 is 10.1 Å². The highest BCUT2D eigenvalue weighted by atomic mass is 35.5. The SMILES string of the molecule is COc1ccccc1C1(NC(=O)CCl)CC1. The van der Waals surface area contributed by atoms with Crippen molar-refractivity contribution in [3.63, 3.8) is 0 Å². The third-order valence-electron chi connectivity index (χ3n) is 2.87. The molecule has 1 amide bonds. The van der Waals surface area contributed by atoms with Crippen molar-refractivity contribution in [1.29, 1.82) is 0 Å². The number of methoxy groups -OCH3 is 1. The van der Waals surface area contributed by atoms with Crippen molar-refractivity contribution in [1.82, 2.24) is 5.32 Å². The van der Waals surface area contributed by atoms with E-state index in [9.17, 15) is 4.79 Å². The Morgan fingerprint density at radius 2 is 2.19 bits per heavy atom. The average Bonchev–Trinajstić information content (AvgIpc) is 3.09. The van der Waals surface area contributed by atoms with Crippen molar-refractivity contribution < 1.29 is 9.53 Å². The molecular weight excluding hydrogens is 226 g/mol. The number of carbonyl (C=O) groups is 1. The van der Waals surface area contributed by atoms with Crippen LogP contribution in [0.4, 0.5) is 0 Å². The molecule has 1 aliphatic carbocycles. The predicted molar refractivity (Wildman–Crippen MR) is 62.8 cm³/mol. The van der Waals surface area contributed by atoms with E-state index in [2.05, 4.69) is 5.32 Å². The minimum Gasteiger partial charge on any atom is -0.496 e. The topological polar surface area (TPSA) is 38.3 Å². The second-order valence-electron chi connectivity index (χ2n) is 3.96. The number of hydrogen-bond donors (Lipinski definition) is 1. The zero-order chi connectivity index (χ0) is 11.6. The van der Waals surface area contributed by atoms with E-state index >= 15 is 0 Å². The summed E-state index contributed by atoms with van der Waals surface area (Å²) < 4.78 is 5.30. The largest absolute Gasteiger partial charge is 0.496 e. The molecule has 0 aromatic heterocycles. The minimum atomic E-state index is -0.251. The monoisotopic (exact) mass is 239 g/mol. The molecule has 0 unspecified atom stereocenters. The number of carbonyl (C=O) groups excluding carboxylic acids is 1. The van der Waals surface area contributed by atoms with Crippen LogP contribution in [0.1, 0.15) is 18.4 Å². The maximum atomic E-state index is 11.4. The molecule has 0 heterocycles. The van der Waals surface area contributed by atoms with Crippen molar-refractivity contribution >= 4 is 17.5 Å². The van der Waals surface area contributed by atoms with Gasteiger partial charge in [-0.15, -0.1) is 11.6 Å². The Morgan fingerprint density at radius 1 is 1.50 bits per heavy atom. The fourth-order valence-electron chi connectivity index (χ4n) is 1.93. The molecular formula is C12H14ClNO2. The Balaban J connectivity index is 2.26. The van der Waals surface area contributed by atoms with Gasteiger partial charge in [-0.25, -0.2) is 0 Å². The molecule has 1 aromatic carbocycles. The second kappa shape index (κ2) is 4.34. The molecule has 1 aromatic rings. The van der Waals surface area contributed by atoms with Gasteiger partial charge in [0.25, 0.3) is 0 Å². The van der Waals surface area contributed by atoms with Crippen molar-refractivity contribution in [2.24, 2.45) is 0 Å². The van der Waals surface area contributed by atoms with Crippen LogP contribution in [0.25, 0.3) is 0 Å². The summed E-state index contributed by atoms with van der Waals surface area (Å²) in [6.07, 6.45) is 1.88. The van der Waals surface area contributed by atoms with E-state index in [0.29, 0.717) is 0 Å². The van der Waals surface area contributed by atoms with Crippen LogP contribution in [-0.2, 0) is 10.3 Å². The number of para-hydroxylation sites is 1. The fraction of sp³-hybridized carbons (Fsp3) is 0.417. The molecule has 0 aliphatic heterocycles. The highest BCUT2D eigenvalue weighted by Crippen LogP contribution is 2.48. The lowest BCUT2D eigenvalue weighted by molar-refractivity contribution is -0.119. The first kappa shape index (κ1) is 11.3. The van der Waals surface area contributed by atoms with Crippen LogP contribution in [0.15, 0.2) is 24.3 Å². The standard InChI is InChI=1S/C12H14ClNO2/c1-16-10-5-3-2-4-9(10)12(6-7-12)14-11(15)8-13/h2-5H,6-8H2,1H3,(H,14,15). The zero-order valence-corrected chi connectivity index (χ0v) is 9.88. The molecule has 0 spiro atoms. The van der Waals surface area contributed by atoms with Gasteiger partial charge in [0.1, 0.15) is 11.6 Å². The number of alkyl halides is 1. The number of halogens is 1. The molecule has 1 aliphatic rings. The summed E-state index contributed by atoms with van der Waals surface area (Å²) in [5.74, 6) is 0.677. The molecule has 0 atom stereocenters. The number of rotatable bonds is 4. The lowest BCUT2D eigenvalue weighted by atomic mass is 10.0. The molecule has 86 valence electrons. The van der Waals surface area contributed by atoms with Crippen LogP contribution in [0, 0.1) is 0 Å². The van der Waals surface area contributed by atoms with Crippen LogP contribution in [0.5, 0.6) is 5.75 Å². The van der Waals surface area contributed by atoms with Crippen molar-refractivity contribution in [2.75, 3.05) is 13.0 Å². The number of amides is 1. The van der Waals surface area contributed by atoms with Crippen LogP contribution in [0.2, 0.25) is 0 Å².